The van der Waals surface area contributed by atoms with E-state index in [0.29, 0.717) is 6.61 Å². The molecule has 0 saturated heterocycles. The number of nitrogens with zero attached hydrogens (tertiary/aromatic N) is 1. The van der Waals surface area contributed by atoms with Crippen LogP contribution in [0.5, 0.6) is 0 Å². The normalized spacial score (nSPS) is 10.5. The van der Waals surface area contributed by atoms with Crippen LogP contribution in [0.25, 0.3) is 0 Å². The van der Waals surface area contributed by atoms with E-state index in [2.05, 4.69) is 6.92 Å². The van der Waals surface area contributed by atoms with Gasteiger partial charge in [0, 0.05) is 13.0 Å². The Morgan fingerprint density at radius 1 is 1.11 bits per heavy atom. The maximum Gasteiger partial charge on any atom is 0.325 e. The summed E-state index contributed by atoms with van der Waals surface area (Å²) >= 11 is 0. The first-order chi connectivity index (χ1) is 8.49. The van der Waals surface area contributed by atoms with E-state index in [9.17, 15) is 9.59 Å². The van der Waals surface area contributed by atoms with E-state index in [0.717, 1.165) is 12.8 Å². The summed E-state index contributed by atoms with van der Waals surface area (Å²) in [5.74, 6) is -0.436. The average Bonchev–Trinajstić information content (AvgIpc) is 2.32. The number of rotatable bonds is 9. The van der Waals surface area contributed by atoms with Gasteiger partial charge in [-0.25, -0.2) is 0 Å². The largest absolute Gasteiger partial charge is 0.464 e. The van der Waals surface area contributed by atoms with E-state index in [-0.39, 0.29) is 24.3 Å². The summed E-state index contributed by atoms with van der Waals surface area (Å²) in [7, 11) is 1.63. The molecule has 0 radical (unpaired) electrons. The van der Waals surface area contributed by atoms with Crippen LogP contribution in [0.1, 0.15) is 52.9 Å². The molecule has 0 aliphatic heterocycles. The standard InChI is InChI=1S/C14H27NO3/c1-5-6-7-8-9-10-18-13(16)11-15(4)14(17)12(2)3/h12H,5-11H2,1-4H3. The molecule has 1 amide bonds. The zero-order chi connectivity index (χ0) is 14.0. The van der Waals surface area contributed by atoms with Crippen molar-refractivity contribution in [2.45, 2.75) is 52.9 Å². The Hall–Kier alpha value is -1.06. The second kappa shape index (κ2) is 9.92. The lowest BCUT2D eigenvalue weighted by Gasteiger charge is -2.18. The van der Waals surface area contributed by atoms with Gasteiger partial charge in [-0.1, -0.05) is 46.5 Å². The van der Waals surface area contributed by atoms with Gasteiger partial charge in [0.1, 0.15) is 6.54 Å². The first-order valence-electron chi connectivity index (χ1n) is 6.89. The van der Waals surface area contributed by atoms with Crippen LogP contribution in [0.15, 0.2) is 0 Å². The van der Waals surface area contributed by atoms with Crippen molar-refractivity contribution in [3.05, 3.63) is 0 Å². The minimum atomic E-state index is -0.318. The third-order valence-electron chi connectivity index (χ3n) is 2.75. The zero-order valence-corrected chi connectivity index (χ0v) is 12.2. The van der Waals surface area contributed by atoms with Crippen LogP contribution >= 0.6 is 0 Å². The monoisotopic (exact) mass is 257 g/mol. The van der Waals surface area contributed by atoms with Gasteiger partial charge in [0.25, 0.3) is 0 Å². The van der Waals surface area contributed by atoms with Crippen LogP contribution in [0, 0.1) is 5.92 Å². The van der Waals surface area contributed by atoms with Crippen molar-refractivity contribution in [2.75, 3.05) is 20.2 Å². The van der Waals surface area contributed by atoms with Crippen LogP contribution in [-0.2, 0) is 14.3 Å². The summed E-state index contributed by atoms with van der Waals surface area (Å²) in [6.45, 7) is 6.32. The van der Waals surface area contributed by atoms with Crippen molar-refractivity contribution in [3.63, 3.8) is 0 Å². The number of likely N-dealkylation sites (N-methyl/N-ethyl adjacent to an activating group) is 1. The van der Waals surface area contributed by atoms with E-state index in [1.165, 1.54) is 24.2 Å². The molecule has 0 fully saturated rings. The molecule has 0 aromatic rings. The van der Waals surface area contributed by atoms with E-state index >= 15 is 0 Å². The molecule has 0 bridgehead atoms. The number of carbonyl (C=O) groups excluding carboxylic acids is 2. The quantitative estimate of drug-likeness (QED) is 0.471. The molecule has 0 unspecified atom stereocenters. The Labute approximate surface area is 111 Å². The van der Waals surface area contributed by atoms with E-state index in [1.807, 2.05) is 13.8 Å². The van der Waals surface area contributed by atoms with Crippen LogP contribution < -0.4 is 0 Å². The minimum absolute atomic E-state index is 0.0325. The molecule has 0 N–H and O–H groups in total. The van der Waals surface area contributed by atoms with Crippen molar-refractivity contribution in [1.82, 2.24) is 4.90 Å². The Kier molecular flexibility index (Phi) is 9.33. The third-order valence-corrected chi connectivity index (χ3v) is 2.75. The van der Waals surface area contributed by atoms with Gasteiger partial charge < -0.3 is 9.64 Å². The van der Waals surface area contributed by atoms with Gasteiger partial charge in [0.2, 0.25) is 5.91 Å². The number of hydrogen-bond acceptors (Lipinski definition) is 3. The van der Waals surface area contributed by atoms with Gasteiger partial charge >= 0.3 is 5.97 Å². The topological polar surface area (TPSA) is 46.6 Å². The molecule has 106 valence electrons. The number of unbranched alkanes of at least 4 members (excludes halogenated alkanes) is 4. The molecular weight excluding hydrogens is 230 g/mol. The van der Waals surface area contributed by atoms with E-state index in [4.69, 9.17) is 4.74 Å². The Balaban J connectivity index is 3.62. The smallest absolute Gasteiger partial charge is 0.325 e. The number of ether oxygens (including phenoxy) is 1. The van der Waals surface area contributed by atoms with Gasteiger partial charge in [-0.05, 0) is 6.42 Å². The summed E-state index contributed by atoms with van der Waals surface area (Å²) in [6, 6.07) is 0. The third kappa shape index (κ3) is 8.09. The zero-order valence-electron chi connectivity index (χ0n) is 12.2. The van der Waals surface area contributed by atoms with Crippen LogP contribution in [0.3, 0.4) is 0 Å². The van der Waals surface area contributed by atoms with Crippen molar-refractivity contribution >= 4 is 11.9 Å². The number of carbonyl (C=O) groups is 2. The van der Waals surface area contributed by atoms with Gasteiger partial charge in [-0.15, -0.1) is 0 Å². The SMILES string of the molecule is CCCCCCCOC(=O)CN(C)C(=O)C(C)C. The average molecular weight is 257 g/mol. The fourth-order valence-corrected chi connectivity index (χ4v) is 1.65. The fourth-order valence-electron chi connectivity index (χ4n) is 1.65. The number of hydrogen-bond donors (Lipinski definition) is 0. The first-order valence-corrected chi connectivity index (χ1v) is 6.89. The lowest BCUT2D eigenvalue weighted by atomic mass is 10.2. The molecule has 0 spiro atoms. The van der Waals surface area contributed by atoms with Crippen molar-refractivity contribution in [2.24, 2.45) is 5.92 Å². The lowest BCUT2D eigenvalue weighted by molar-refractivity contribution is -0.149. The van der Waals surface area contributed by atoms with Gasteiger partial charge in [-0.3, -0.25) is 9.59 Å². The molecule has 0 aliphatic rings. The lowest BCUT2D eigenvalue weighted by Crippen LogP contribution is -2.35. The highest BCUT2D eigenvalue weighted by atomic mass is 16.5. The summed E-state index contributed by atoms with van der Waals surface area (Å²) in [4.78, 5) is 24.4. The molecular formula is C14H27NO3. The maximum atomic E-state index is 11.5. The summed E-state index contributed by atoms with van der Waals surface area (Å²) in [6.07, 6.45) is 5.65. The molecule has 0 aromatic carbocycles. The molecule has 0 aromatic heterocycles. The molecule has 0 atom stereocenters. The first kappa shape index (κ1) is 16.9. The van der Waals surface area contributed by atoms with Gasteiger partial charge in [0.15, 0.2) is 0 Å². The Bertz CT molecular complexity index is 251. The summed E-state index contributed by atoms with van der Waals surface area (Å²) in [5, 5.41) is 0. The number of esters is 1. The predicted molar refractivity (Wildman–Crippen MR) is 72.2 cm³/mol. The highest BCUT2D eigenvalue weighted by Crippen LogP contribution is 2.03. The van der Waals surface area contributed by atoms with Crippen molar-refractivity contribution < 1.29 is 14.3 Å². The Morgan fingerprint density at radius 2 is 1.72 bits per heavy atom. The number of amides is 1. The second-order valence-electron chi connectivity index (χ2n) is 4.98. The van der Waals surface area contributed by atoms with Gasteiger partial charge in [0.05, 0.1) is 6.61 Å². The molecule has 4 heteroatoms. The highest BCUT2D eigenvalue weighted by molar-refractivity contribution is 5.82. The van der Waals surface area contributed by atoms with Gasteiger partial charge in [-0.2, -0.15) is 0 Å². The second-order valence-corrected chi connectivity index (χ2v) is 4.98. The summed E-state index contributed by atoms with van der Waals surface area (Å²) < 4.78 is 5.09. The molecule has 0 aliphatic carbocycles. The van der Waals surface area contributed by atoms with E-state index < -0.39 is 0 Å². The maximum absolute atomic E-state index is 11.5. The fraction of sp³-hybridized carbons (Fsp3) is 0.857. The summed E-state index contributed by atoms with van der Waals surface area (Å²) in [5.41, 5.74) is 0. The van der Waals surface area contributed by atoms with Crippen LogP contribution in [0.2, 0.25) is 0 Å². The highest BCUT2D eigenvalue weighted by Gasteiger charge is 2.16. The van der Waals surface area contributed by atoms with Crippen molar-refractivity contribution in [3.8, 4) is 0 Å². The van der Waals surface area contributed by atoms with Crippen LogP contribution in [0.4, 0.5) is 0 Å². The van der Waals surface area contributed by atoms with Crippen LogP contribution in [-0.4, -0.2) is 37.0 Å². The van der Waals surface area contributed by atoms with E-state index in [1.54, 1.807) is 7.05 Å². The molecule has 0 heterocycles. The molecule has 18 heavy (non-hydrogen) atoms. The minimum Gasteiger partial charge on any atom is -0.464 e. The Morgan fingerprint density at radius 3 is 2.28 bits per heavy atom. The molecule has 0 saturated carbocycles. The molecule has 4 nitrogen and oxygen atoms in total. The predicted octanol–water partition coefficient (Wildman–Crippen LogP) is 2.61. The van der Waals surface area contributed by atoms with Crippen molar-refractivity contribution in [1.29, 1.82) is 0 Å². The molecule has 0 rings (SSSR count).